The molecule has 1 heterocycles. The van der Waals surface area contributed by atoms with Crippen LogP contribution in [0.4, 0.5) is 0 Å². The Morgan fingerprint density at radius 2 is 1.61 bits per heavy atom. The van der Waals surface area contributed by atoms with E-state index in [0.29, 0.717) is 27.3 Å². The van der Waals surface area contributed by atoms with Gasteiger partial charge < -0.3 is 9.30 Å². The van der Waals surface area contributed by atoms with Gasteiger partial charge in [-0.15, -0.1) is 10.2 Å². The Kier molecular flexibility index (Phi) is 6.70. The number of benzene rings is 3. The van der Waals surface area contributed by atoms with E-state index in [1.807, 2.05) is 72.3 Å². The van der Waals surface area contributed by atoms with Gasteiger partial charge in [-0.25, -0.2) is 0 Å². The molecule has 3 aromatic carbocycles. The molecular weight excluding hydrogens is 430 g/mol. The normalized spacial score (nSPS) is 11.8. The lowest BCUT2D eigenvalue weighted by molar-refractivity contribution is 0.0989. The summed E-state index contributed by atoms with van der Waals surface area (Å²) in [6.45, 7) is 0.258. The number of carbonyl (C=O) groups is 1. The summed E-state index contributed by atoms with van der Waals surface area (Å²) < 4.78 is 7.65. The van der Waals surface area contributed by atoms with Gasteiger partial charge in [-0.1, -0.05) is 84.0 Å². The second-order valence-corrected chi connectivity index (χ2v) is 8.35. The first-order valence-corrected chi connectivity index (χ1v) is 10.9. The lowest BCUT2D eigenvalue weighted by atomic mass is 10.0. The Hall–Kier alpha value is -3.09. The lowest BCUT2D eigenvalue weighted by Gasteiger charge is -2.16. The largest absolute Gasteiger partial charge is 0.486 e. The number of aromatic nitrogens is 3. The summed E-state index contributed by atoms with van der Waals surface area (Å²) in [5, 5.41) is 9.43. The van der Waals surface area contributed by atoms with Crippen LogP contribution in [-0.2, 0) is 13.7 Å². The van der Waals surface area contributed by atoms with Crippen LogP contribution < -0.4 is 4.74 Å². The van der Waals surface area contributed by atoms with Gasteiger partial charge in [0.2, 0.25) is 0 Å². The molecule has 0 saturated carbocycles. The number of hydrogen-bond donors (Lipinski definition) is 0. The monoisotopic (exact) mass is 449 g/mol. The van der Waals surface area contributed by atoms with Gasteiger partial charge in [-0.05, 0) is 29.8 Å². The summed E-state index contributed by atoms with van der Waals surface area (Å²) in [5.41, 5.74) is 1.58. The minimum atomic E-state index is -0.434. The summed E-state index contributed by atoms with van der Waals surface area (Å²) in [6.07, 6.45) is 0. The SMILES string of the molecule is Cn1c(COc2ccc(Cl)cc2)nnc1SC(C(=O)c1ccccc1)c1ccccc1. The molecule has 0 aliphatic heterocycles. The highest BCUT2D eigenvalue weighted by molar-refractivity contribution is 8.00. The summed E-state index contributed by atoms with van der Waals surface area (Å²) in [6, 6.07) is 26.2. The van der Waals surface area contributed by atoms with Gasteiger partial charge in [0, 0.05) is 17.6 Å². The summed E-state index contributed by atoms with van der Waals surface area (Å²) in [5.74, 6) is 1.39. The molecule has 0 spiro atoms. The average molecular weight is 450 g/mol. The average Bonchev–Trinajstić information content (AvgIpc) is 3.17. The van der Waals surface area contributed by atoms with Gasteiger partial charge in [0.05, 0.1) is 0 Å². The van der Waals surface area contributed by atoms with E-state index in [1.54, 1.807) is 24.3 Å². The molecule has 0 saturated heterocycles. The van der Waals surface area contributed by atoms with E-state index in [9.17, 15) is 4.79 Å². The van der Waals surface area contributed by atoms with Gasteiger partial charge in [-0.2, -0.15) is 0 Å². The van der Waals surface area contributed by atoms with Crippen LogP contribution in [0.2, 0.25) is 5.02 Å². The Labute approximate surface area is 190 Å². The molecule has 0 bridgehead atoms. The number of hydrogen-bond acceptors (Lipinski definition) is 5. The van der Waals surface area contributed by atoms with Crippen LogP contribution in [0.25, 0.3) is 0 Å². The molecule has 7 heteroatoms. The quantitative estimate of drug-likeness (QED) is 0.252. The Bertz CT molecular complexity index is 1150. The molecule has 0 aliphatic carbocycles. The van der Waals surface area contributed by atoms with E-state index in [2.05, 4.69) is 10.2 Å². The van der Waals surface area contributed by atoms with E-state index in [4.69, 9.17) is 16.3 Å². The van der Waals surface area contributed by atoms with E-state index >= 15 is 0 Å². The maximum absolute atomic E-state index is 13.3. The molecule has 5 nitrogen and oxygen atoms in total. The molecule has 0 radical (unpaired) electrons. The number of halogens is 1. The van der Waals surface area contributed by atoms with Crippen molar-refractivity contribution in [3.63, 3.8) is 0 Å². The molecule has 0 N–H and O–H groups in total. The molecule has 4 rings (SSSR count). The van der Waals surface area contributed by atoms with Crippen molar-refractivity contribution in [2.75, 3.05) is 0 Å². The predicted molar refractivity (Wildman–Crippen MR) is 123 cm³/mol. The summed E-state index contributed by atoms with van der Waals surface area (Å²) in [4.78, 5) is 13.3. The van der Waals surface area contributed by atoms with Crippen LogP contribution in [0, 0.1) is 0 Å². The first-order valence-electron chi connectivity index (χ1n) is 9.69. The van der Waals surface area contributed by atoms with Crippen LogP contribution in [0.3, 0.4) is 0 Å². The number of carbonyl (C=O) groups excluding carboxylic acids is 1. The Morgan fingerprint density at radius 1 is 0.968 bits per heavy atom. The topological polar surface area (TPSA) is 57.0 Å². The number of Topliss-reactive ketones (excluding diaryl/α,β-unsaturated/α-hetero) is 1. The number of rotatable bonds is 8. The number of nitrogens with zero attached hydrogens (tertiary/aromatic N) is 3. The van der Waals surface area contributed by atoms with E-state index in [-0.39, 0.29) is 12.4 Å². The minimum Gasteiger partial charge on any atom is -0.486 e. The molecule has 156 valence electrons. The molecule has 1 unspecified atom stereocenters. The van der Waals surface area contributed by atoms with Crippen molar-refractivity contribution in [1.82, 2.24) is 14.8 Å². The van der Waals surface area contributed by atoms with Gasteiger partial charge in [0.25, 0.3) is 0 Å². The Balaban J connectivity index is 1.54. The van der Waals surface area contributed by atoms with Gasteiger partial charge in [0.1, 0.15) is 17.6 Å². The second kappa shape index (κ2) is 9.81. The van der Waals surface area contributed by atoms with E-state index in [0.717, 1.165) is 5.56 Å². The minimum absolute atomic E-state index is 0.0266. The zero-order chi connectivity index (χ0) is 21.6. The van der Waals surface area contributed by atoms with E-state index < -0.39 is 5.25 Å². The van der Waals surface area contributed by atoms with Crippen molar-refractivity contribution in [3.8, 4) is 5.75 Å². The first kappa shape index (κ1) is 21.2. The van der Waals surface area contributed by atoms with Crippen LogP contribution in [0.15, 0.2) is 90.1 Å². The first-order chi connectivity index (χ1) is 15.1. The maximum atomic E-state index is 13.3. The van der Waals surface area contributed by atoms with Crippen molar-refractivity contribution in [2.45, 2.75) is 17.0 Å². The fourth-order valence-corrected chi connectivity index (χ4v) is 4.24. The molecule has 1 aromatic heterocycles. The molecule has 1 atom stereocenters. The standard InChI is InChI=1S/C24H20ClN3O2S/c1-28-21(16-30-20-14-12-19(25)13-15-20)26-27-24(28)31-23(18-10-6-3-7-11-18)22(29)17-8-4-2-5-9-17/h2-15,23H,16H2,1H3. The van der Waals surface area contributed by atoms with Crippen molar-refractivity contribution in [2.24, 2.45) is 7.05 Å². The van der Waals surface area contributed by atoms with Crippen LogP contribution >= 0.6 is 23.4 Å². The Morgan fingerprint density at radius 3 is 2.29 bits per heavy atom. The fraction of sp³-hybridized carbons (Fsp3) is 0.125. The zero-order valence-corrected chi connectivity index (χ0v) is 18.4. The molecule has 0 amide bonds. The third-order valence-electron chi connectivity index (χ3n) is 4.73. The summed E-state index contributed by atoms with van der Waals surface area (Å²) >= 11 is 7.30. The summed E-state index contributed by atoms with van der Waals surface area (Å²) in [7, 11) is 1.87. The number of ether oxygens (including phenoxy) is 1. The maximum Gasteiger partial charge on any atom is 0.192 e. The van der Waals surface area contributed by atoms with Crippen molar-refractivity contribution in [3.05, 3.63) is 107 Å². The van der Waals surface area contributed by atoms with Crippen LogP contribution in [0.1, 0.15) is 27.0 Å². The van der Waals surface area contributed by atoms with Crippen molar-refractivity contribution < 1.29 is 9.53 Å². The number of ketones is 1. The highest BCUT2D eigenvalue weighted by Crippen LogP contribution is 2.37. The molecular formula is C24H20ClN3O2S. The predicted octanol–water partition coefficient (Wildman–Crippen LogP) is 5.76. The van der Waals surface area contributed by atoms with Crippen LogP contribution in [-0.4, -0.2) is 20.5 Å². The highest BCUT2D eigenvalue weighted by atomic mass is 35.5. The smallest absolute Gasteiger partial charge is 0.192 e. The third kappa shape index (κ3) is 5.16. The fourth-order valence-electron chi connectivity index (χ4n) is 3.01. The van der Waals surface area contributed by atoms with Gasteiger partial charge in [-0.3, -0.25) is 4.79 Å². The zero-order valence-electron chi connectivity index (χ0n) is 16.8. The molecule has 0 aliphatic rings. The van der Waals surface area contributed by atoms with Crippen molar-refractivity contribution >= 4 is 29.1 Å². The lowest BCUT2D eigenvalue weighted by Crippen LogP contribution is -2.11. The van der Waals surface area contributed by atoms with Crippen molar-refractivity contribution in [1.29, 1.82) is 0 Å². The molecule has 0 fully saturated rings. The van der Waals surface area contributed by atoms with Crippen LogP contribution in [0.5, 0.6) is 5.75 Å². The van der Waals surface area contributed by atoms with Gasteiger partial charge in [0.15, 0.2) is 16.8 Å². The number of thioether (sulfide) groups is 1. The third-order valence-corrected chi connectivity index (χ3v) is 6.27. The van der Waals surface area contributed by atoms with Gasteiger partial charge >= 0.3 is 0 Å². The van der Waals surface area contributed by atoms with E-state index in [1.165, 1.54) is 11.8 Å². The molecule has 31 heavy (non-hydrogen) atoms. The second-order valence-electron chi connectivity index (χ2n) is 6.84. The molecule has 4 aromatic rings. The highest BCUT2D eigenvalue weighted by Gasteiger charge is 2.26.